The maximum atomic E-state index is 14.0. The van der Waals surface area contributed by atoms with Crippen molar-refractivity contribution in [2.75, 3.05) is 31.1 Å². The van der Waals surface area contributed by atoms with E-state index in [0.717, 1.165) is 19.6 Å². The molecule has 1 fully saturated rings. The molecule has 0 amide bonds. The summed E-state index contributed by atoms with van der Waals surface area (Å²) < 4.78 is 19.4. The molecule has 0 bridgehead atoms. The molecule has 1 aromatic heterocycles. The Bertz CT molecular complexity index is 931. The number of benzene rings is 2. The minimum Gasteiger partial charge on any atom is -0.542 e. The van der Waals surface area contributed by atoms with E-state index in [9.17, 15) is 14.3 Å². The molecule has 0 spiro atoms. The number of carbonyl (C=O) groups excluding carboxylic acids is 1. The van der Waals surface area contributed by atoms with Gasteiger partial charge in [0.15, 0.2) is 11.3 Å². The number of nitrogens with zero attached hydrogens (tertiary/aromatic N) is 2. The van der Waals surface area contributed by atoms with Crippen molar-refractivity contribution < 1.29 is 18.7 Å². The van der Waals surface area contributed by atoms with Gasteiger partial charge in [0.25, 0.3) is 0 Å². The first kappa shape index (κ1) is 16.6. The predicted molar refractivity (Wildman–Crippen MR) is 94.4 cm³/mol. The normalized spacial score (nSPS) is 15.5. The Morgan fingerprint density at radius 2 is 1.81 bits per heavy atom. The van der Waals surface area contributed by atoms with E-state index in [2.05, 4.69) is 17.0 Å². The van der Waals surface area contributed by atoms with Gasteiger partial charge >= 0.3 is 0 Å². The average molecular weight is 353 g/mol. The van der Waals surface area contributed by atoms with Crippen molar-refractivity contribution in [2.24, 2.45) is 0 Å². The molecule has 2 aromatic carbocycles. The highest BCUT2D eigenvalue weighted by molar-refractivity contribution is 5.95. The van der Waals surface area contributed by atoms with Crippen LogP contribution in [0.1, 0.15) is 16.1 Å². The van der Waals surface area contributed by atoms with Gasteiger partial charge < -0.3 is 19.2 Å². The SMILES string of the molecule is O=C([O-])c1cc2cc(F)cc(N3CCN(Cc4ccccc4)CC3)c2o1. The molecule has 1 aliphatic heterocycles. The van der Waals surface area contributed by atoms with Crippen LogP contribution in [0.3, 0.4) is 0 Å². The largest absolute Gasteiger partial charge is 0.542 e. The first-order valence-corrected chi connectivity index (χ1v) is 8.56. The van der Waals surface area contributed by atoms with E-state index >= 15 is 0 Å². The lowest BCUT2D eigenvalue weighted by molar-refractivity contribution is -0.256. The van der Waals surface area contributed by atoms with Crippen LogP contribution in [0.5, 0.6) is 0 Å². The van der Waals surface area contributed by atoms with Crippen molar-refractivity contribution in [3.63, 3.8) is 0 Å². The Morgan fingerprint density at radius 1 is 1.08 bits per heavy atom. The summed E-state index contributed by atoms with van der Waals surface area (Å²) in [6.45, 7) is 3.98. The molecule has 1 aliphatic rings. The van der Waals surface area contributed by atoms with Crippen molar-refractivity contribution in [1.29, 1.82) is 0 Å². The van der Waals surface area contributed by atoms with Crippen LogP contribution in [0.15, 0.2) is 52.9 Å². The third-order valence-corrected chi connectivity index (χ3v) is 4.72. The second-order valence-corrected chi connectivity index (χ2v) is 6.49. The number of fused-ring (bicyclic) bond motifs is 1. The highest BCUT2D eigenvalue weighted by Crippen LogP contribution is 2.31. The molecule has 0 radical (unpaired) electrons. The molecule has 0 N–H and O–H groups in total. The number of hydrogen-bond donors (Lipinski definition) is 0. The van der Waals surface area contributed by atoms with Crippen LogP contribution in [0.25, 0.3) is 11.0 Å². The summed E-state index contributed by atoms with van der Waals surface area (Å²) in [4.78, 5) is 15.4. The fraction of sp³-hybridized carbons (Fsp3) is 0.250. The molecule has 4 rings (SSSR count). The number of rotatable bonds is 4. The van der Waals surface area contributed by atoms with Gasteiger partial charge in [-0.05, 0) is 17.7 Å². The summed E-state index contributed by atoms with van der Waals surface area (Å²) >= 11 is 0. The number of furan rings is 1. The minimum absolute atomic E-state index is 0.283. The lowest BCUT2D eigenvalue weighted by Crippen LogP contribution is -2.46. The van der Waals surface area contributed by atoms with E-state index in [-0.39, 0.29) is 5.76 Å². The first-order chi connectivity index (χ1) is 12.6. The molecule has 3 aromatic rings. The molecule has 0 aliphatic carbocycles. The number of hydrogen-bond acceptors (Lipinski definition) is 5. The third-order valence-electron chi connectivity index (χ3n) is 4.72. The molecule has 134 valence electrons. The zero-order valence-corrected chi connectivity index (χ0v) is 14.2. The number of carboxylic acid groups (broad SMARTS) is 1. The fourth-order valence-corrected chi connectivity index (χ4v) is 3.42. The van der Waals surface area contributed by atoms with Gasteiger partial charge in [-0.25, -0.2) is 4.39 Å². The van der Waals surface area contributed by atoms with Crippen LogP contribution >= 0.6 is 0 Å². The van der Waals surface area contributed by atoms with Gasteiger partial charge in [-0.15, -0.1) is 0 Å². The molecule has 26 heavy (non-hydrogen) atoms. The van der Waals surface area contributed by atoms with Crippen LogP contribution in [0.4, 0.5) is 10.1 Å². The maximum absolute atomic E-state index is 14.0. The van der Waals surface area contributed by atoms with Crippen LogP contribution in [0, 0.1) is 5.82 Å². The number of aromatic carboxylic acids is 1. The highest BCUT2D eigenvalue weighted by atomic mass is 19.1. The van der Waals surface area contributed by atoms with Gasteiger partial charge in [-0.1, -0.05) is 30.3 Å². The summed E-state index contributed by atoms with van der Waals surface area (Å²) in [5.74, 6) is -2.10. The predicted octanol–water partition coefficient (Wildman–Crippen LogP) is 2.26. The number of anilines is 1. The Kier molecular flexibility index (Phi) is 4.34. The number of halogens is 1. The van der Waals surface area contributed by atoms with Gasteiger partial charge in [0.05, 0.1) is 5.69 Å². The molecule has 0 saturated carbocycles. The van der Waals surface area contributed by atoms with Crippen molar-refractivity contribution in [1.82, 2.24) is 4.90 Å². The zero-order chi connectivity index (χ0) is 18.1. The average Bonchev–Trinajstić information content (AvgIpc) is 3.07. The smallest absolute Gasteiger partial charge is 0.158 e. The molecule has 2 heterocycles. The van der Waals surface area contributed by atoms with Crippen LogP contribution < -0.4 is 10.0 Å². The number of carbonyl (C=O) groups is 1. The molecule has 6 heteroatoms. The van der Waals surface area contributed by atoms with Crippen molar-refractivity contribution in [3.05, 3.63) is 65.7 Å². The maximum Gasteiger partial charge on any atom is 0.158 e. The summed E-state index contributed by atoms with van der Waals surface area (Å²) in [6.07, 6.45) is 0. The molecule has 0 atom stereocenters. The standard InChI is InChI=1S/C20H19FN2O3/c21-16-10-15-11-18(20(24)25)26-19(15)17(12-16)23-8-6-22(7-9-23)13-14-4-2-1-3-5-14/h1-5,10-12H,6-9,13H2,(H,24,25)/p-1. The molecular weight excluding hydrogens is 335 g/mol. The Labute approximate surface area is 150 Å². The van der Waals surface area contributed by atoms with Gasteiger partial charge in [-0.2, -0.15) is 0 Å². The van der Waals surface area contributed by atoms with E-state index in [4.69, 9.17) is 4.42 Å². The van der Waals surface area contributed by atoms with Gasteiger partial charge in [-0.3, -0.25) is 4.90 Å². The second-order valence-electron chi connectivity index (χ2n) is 6.49. The van der Waals surface area contributed by atoms with Gasteiger partial charge in [0, 0.05) is 44.2 Å². The van der Waals surface area contributed by atoms with E-state index in [1.54, 1.807) is 0 Å². The monoisotopic (exact) mass is 353 g/mol. The van der Waals surface area contributed by atoms with E-state index in [1.165, 1.54) is 23.8 Å². The van der Waals surface area contributed by atoms with Crippen molar-refractivity contribution in [2.45, 2.75) is 6.54 Å². The van der Waals surface area contributed by atoms with E-state index < -0.39 is 11.8 Å². The van der Waals surface area contributed by atoms with Crippen molar-refractivity contribution >= 4 is 22.6 Å². The topological polar surface area (TPSA) is 59.8 Å². The molecule has 1 saturated heterocycles. The van der Waals surface area contributed by atoms with Crippen LogP contribution in [-0.4, -0.2) is 37.0 Å². The first-order valence-electron chi connectivity index (χ1n) is 8.56. The summed E-state index contributed by atoms with van der Waals surface area (Å²) in [5.41, 5.74) is 2.24. The minimum atomic E-state index is -1.40. The number of carboxylic acids is 1. The Balaban J connectivity index is 1.53. The van der Waals surface area contributed by atoms with Crippen molar-refractivity contribution in [3.8, 4) is 0 Å². The number of piperazine rings is 1. The molecule has 0 unspecified atom stereocenters. The van der Waals surface area contributed by atoms with Crippen LogP contribution in [-0.2, 0) is 6.54 Å². The van der Waals surface area contributed by atoms with E-state index in [1.807, 2.05) is 23.1 Å². The fourth-order valence-electron chi connectivity index (χ4n) is 3.42. The highest BCUT2D eigenvalue weighted by Gasteiger charge is 2.21. The third kappa shape index (κ3) is 3.28. The Morgan fingerprint density at radius 3 is 2.50 bits per heavy atom. The lowest BCUT2D eigenvalue weighted by atomic mass is 10.1. The van der Waals surface area contributed by atoms with Gasteiger partial charge in [0.2, 0.25) is 0 Å². The zero-order valence-electron chi connectivity index (χ0n) is 14.2. The quantitative estimate of drug-likeness (QED) is 0.720. The molecular formula is C20H18FN2O3-. The second kappa shape index (κ2) is 6.80. The summed E-state index contributed by atoms with van der Waals surface area (Å²) in [6, 6.07) is 14.3. The summed E-state index contributed by atoms with van der Waals surface area (Å²) in [5, 5.41) is 11.5. The Hall–Kier alpha value is -2.86. The molecule has 5 nitrogen and oxygen atoms in total. The lowest BCUT2D eigenvalue weighted by Gasteiger charge is -2.36. The van der Waals surface area contributed by atoms with Crippen LogP contribution in [0.2, 0.25) is 0 Å². The van der Waals surface area contributed by atoms with Gasteiger partial charge in [0.1, 0.15) is 11.8 Å². The van der Waals surface area contributed by atoms with E-state index in [0.29, 0.717) is 29.7 Å². The summed E-state index contributed by atoms with van der Waals surface area (Å²) in [7, 11) is 0.